The molecule has 5 aromatic carbocycles. The predicted molar refractivity (Wildman–Crippen MR) is 97.7 cm³/mol. The van der Waals surface area contributed by atoms with Gasteiger partial charge in [-0.2, -0.15) is 0 Å². The normalized spacial score (nSPS) is 11.9. The van der Waals surface area contributed by atoms with E-state index in [9.17, 15) is 4.79 Å². The molecule has 108 valence electrons. The van der Waals surface area contributed by atoms with E-state index >= 15 is 0 Å². The Hall–Kier alpha value is -2.93. The summed E-state index contributed by atoms with van der Waals surface area (Å²) in [7, 11) is 0. The number of ketones is 1. The third-order valence-electron chi connectivity index (χ3n) is 4.89. The first-order valence-electron chi connectivity index (χ1n) is 7.85. The lowest BCUT2D eigenvalue weighted by atomic mass is 9.87. The van der Waals surface area contributed by atoms with Gasteiger partial charge in [0.05, 0.1) is 0 Å². The first-order valence-corrected chi connectivity index (χ1v) is 7.85. The Bertz CT molecular complexity index is 1230. The van der Waals surface area contributed by atoms with Gasteiger partial charge in [0.1, 0.15) is 0 Å². The molecule has 0 aromatic heterocycles. The average Bonchev–Trinajstić information content (AvgIpc) is 2.60. The summed E-state index contributed by atoms with van der Waals surface area (Å²) in [5, 5.41) is 9.63. The Morgan fingerprint density at radius 3 is 2.00 bits per heavy atom. The topological polar surface area (TPSA) is 17.1 Å². The molecule has 0 radical (unpaired) electrons. The van der Waals surface area contributed by atoms with Gasteiger partial charge in [0, 0.05) is 10.9 Å². The van der Waals surface area contributed by atoms with Crippen molar-refractivity contribution in [3.8, 4) is 0 Å². The van der Waals surface area contributed by atoms with Gasteiger partial charge < -0.3 is 0 Å². The van der Waals surface area contributed by atoms with E-state index < -0.39 is 0 Å². The van der Waals surface area contributed by atoms with Gasteiger partial charge in [-0.15, -0.1) is 0 Å². The number of benzene rings is 5. The Labute approximate surface area is 133 Å². The summed E-state index contributed by atoms with van der Waals surface area (Å²) in [4.78, 5) is 12.2. The van der Waals surface area contributed by atoms with Crippen LogP contribution in [0.15, 0.2) is 66.7 Å². The number of Topliss-reactive ketones (excluding diaryl/α,β-unsaturated/α-hetero) is 1. The van der Waals surface area contributed by atoms with Gasteiger partial charge in [0.2, 0.25) is 0 Å². The highest BCUT2D eigenvalue weighted by Crippen LogP contribution is 2.41. The van der Waals surface area contributed by atoms with Gasteiger partial charge in [-0.1, -0.05) is 66.7 Å². The zero-order valence-electron chi connectivity index (χ0n) is 12.8. The molecule has 0 unspecified atom stereocenters. The zero-order valence-corrected chi connectivity index (χ0v) is 12.8. The molecule has 0 atom stereocenters. The van der Waals surface area contributed by atoms with Crippen LogP contribution in [0, 0.1) is 0 Å². The maximum absolute atomic E-state index is 12.2. The molecule has 0 bridgehead atoms. The molecule has 0 saturated heterocycles. The second kappa shape index (κ2) is 4.30. The second-order valence-corrected chi connectivity index (χ2v) is 6.16. The average molecular weight is 294 g/mol. The van der Waals surface area contributed by atoms with E-state index in [1.165, 1.54) is 32.3 Å². The van der Waals surface area contributed by atoms with Crippen LogP contribution in [-0.2, 0) is 0 Å². The zero-order chi connectivity index (χ0) is 15.6. The lowest BCUT2D eigenvalue weighted by molar-refractivity contribution is 0.101. The molecular formula is C22H14O. The summed E-state index contributed by atoms with van der Waals surface area (Å²) in [6.45, 7) is 1.65. The second-order valence-electron chi connectivity index (χ2n) is 6.16. The van der Waals surface area contributed by atoms with Gasteiger partial charge in [-0.3, -0.25) is 4.79 Å². The van der Waals surface area contributed by atoms with Crippen LogP contribution in [-0.4, -0.2) is 5.78 Å². The van der Waals surface area contributed by atoms with Gasteiger partial charge >= 0.3 is 0 Å². The monoisotopic (exact) mass is 294 g/mol. The molecule has 0 aliphatic rings. The molecule has 1 nitrogen and oxygen atoms in total. The van der Waals surface area contributed by atoms with Crippen LogP contribution in [0.5, 0.6) is 0 Å². The van der Waals surface area contributed by atoms with Crippen LogP contribution in [0.25, 0.3) is 43.1 Å². The van der Waals surface area contributed by atoms with Crippen LogP contribution in [0.4, 0.5) is 0 Å². The summed E-state index contributed by atoms with van der Waals surface area (Å²) in [5.74, 6) is 0.119. The number of hydrogen-bond acceptors (Lipinski definition) is 1. The van der Waals surface area contributed by atoms with Crippen molar-refractivity contribution >= 4 is 48.9 Å². The molecule has 0 heterocycles. The van der Waals surface area contributed by atoms with Crippen molar-refractivity contribution in [3.05, 3.63) is 72.3 Å². The molecule has 0 N–H and O–H groups in total. The number of carbonyl (C=O) groups excluding carboxylic acids is 1. The van der Waals surface area contributed by atoms with Crippen molar-refractivity contribution in [3.63, 3.8) is 0 Å². The first-order chi connectivity index (χ1) is 11.3. The third kappa shape index (κ3) is 1.54. The van der Waals surface area contributed by atoms with Crippen molar-refractivity contribution in [1.82, 2.24) is 0 Å². The summed E-state index contributed by atoms with van der Waals surface area (Å²) in [5.41, 5.74) is 0.812. The van der Waals surface area contributed by atoms with Crippen molar-refractivity contribution in [2.24, 2.45) is 0 Å². The third-order valence-corrected chi connectivity index (χ3v) is 4.89. The van der Waals surface area contributed by atoms with E-state index in [4.69, 9.17) is 0 Å². The quantitative estimate of drug-likeness (QED) is 0.212. The molecule has 0 aliphatic carbocycles. The van der Waals surface area contributed by atoms with Crippen molar-refractivity contribution in [2.75, 3.05) is 0 Å². The summed E-state index contributed by atoms with van der Waals surface area (Å²) in [6, 6.07) is 23.2. The van der Waals surface area contributed by atoms with Crippen LogP contribution < -0.4 is 0 Å². The summed E-state index contributed by atoms with van der Waals surface area (Å²) in [6.07, 6.45) is 0. The Morgan fingerprint density at radius 2 is 1.22 bits per heavy atom. The van der Waals surface area contributed by atoms with Crippen LogP contribution >= 0.6 is 0 Å². The maximum atomic E-state index is 12.2. The fourth-order valence-corrected chi connectivity index (χ4v) is 3.93. The number of rotatable bonds is 1. The molecule has 23 heavy (non-hydrogen) atoms. The Balaban J connectivity index is 2.28. The molecule has 0 saturated carbocycles. The first kappa shape index (κ1) is 12.6. The van der Waals surface area contributed by atoms with Crippen LogP contribution in [0.3, 0.4) is 0 Å². The summed E-state index contributed by atoms with van der Waals surface area (Å²) >= 11 is 0. The van der Waals surface area contributed by atoms with E-state index in [1.54, 1.807) is 6.92 Å². The molecule has 0 fully saturated rings. The van der Waals surface area contributed by atoms with E-state index in [0.717, 1.165) is 16.3 Å². The van der Waals surface area contributed by atoms with Gasteiger partial charge in [-0.05, 0) is 44.6 Å². The molecule has 5 aromatic rings. The van der Waals surface area contributed by atoms with Gasteiger partial charge in [0.25, 0.3) is 0 Å². The number of carbonyl (C=O) groups is 1. The van der Waals surface area contributed by atoms with Crippen LogP contribution in [0.1, 0.15) is 17.3 Å². The van der Waals surface area contributed by atoms with Crippen molar-refractivity contribution in [2.45, 2.75) is 6.92 Å². The van der Waals surface area contributed by atoms with Crippen molar-refractivity contribution < 1.29 is 4.79 Å². The van der Waals surface area contributed by atoms with E-state index in [2.05, 4.69) is 60.7 Å². The Kier molecular flexibility index (Phi) is 2.35. The maximum Gasteiger partial charge on any atom is 0.160 e. The lowest BCUT2D eigenvalue weighted by Gasteiger charge is -2.16. The van der Waals surface area contributed by atoms with E-state index in [-0.39, 0.29) is 5.78 Å². The molecule has 5 rings (SSSR count). The fraction of sp³-hybridized carbons (Fsp3) is 0.0455. The molecule has 0 amide bonds. The van der Waals surface area contributed by atoms with Gasteiger partial charge in [-0.25, -0.2) is 0 Å². The predicted octanol–water partition coefficient (Wildman–Crippen LogP) is 5.94. The van der Waals surface area contributed by atoms with Crippen LogP contribution in [0.2, 0.25) is 0 Å². The highest BCUT2D eigenvalue weighted by atomic mass is 16.1. The lowest BCUT2D eigenvalue weighted by Crippen LogP contribution is -1.96. The number of fused-ring (bicyclic) bond motifs is 3. The largest absolute Gasteiger partial charge is 0.294 e. The SMILES string of the molecule is CC(=O)c1ccc2ccc3cccc4c5ccccc5c1c2c34. The molecule has 0 spiro atoms. The Morgan fingerprint density at radius 1 is 0.609 bits per heavy atom. The minimum absolute atomic E-state index is 0.119. The van der Waals surface area contributed by atoms with Gasteiger partial charge in [0.15, 0.2) is 5.78 Å². The highest BCUT2D eigenvalue weighted by Gasteiger charge is 2.16. The molecule has 1 heteroatoms. The van der Waals surface area contributed by atoms with E-state index in [0.29, 0.717) is 0 Å². The number of hydrogen-bond donors (Lipinski definition) is 0. The molecule has 0 aliphatic heterocycles. The molecular weight excluding hydrogens is 280 g/mol. The smallest absolute Gasteiger partial charge is 0.160 e. The fourth-order valence-electron chi connectivity index (χ4n) is 3.93. The minimum Gasteiger partial charge on any atom is -0.294 e. The highest BCUT2D eigenvalue weighted by molar-refractivity contribution is 6.36. The minimum atomic E-state index is 0.119. The van der Waals surface area contributed by atoms with Crippen molar-refractivity contribution in [1.29, 1.82) is 0 Å². The standard InChI is InChI=1S/C22H14O/c1-13(23)16-12-11-15-10-9-14-5-4-8-18-17-6-2-3-7-19(17)22(16)21(15)20(14)18/h2-12H,1H3. The van der Waals surface area contributed by atoms with E-state index in [1.807, 2.05) is 6.07 Å². The summed E-state index contributed by atoms with van der Waals surface area (Å²) < 4.78 is 0.